The van der Waals surface area contributed by atoms with Gasteiger partial charge in [0.2, 0.25) is 0 Å². The van der Waals surface area contributed by atoms with Crippen LogP contribution in [0.15, 0.2) is 0 Å². The maximum Gasteiger partial charge on any atom is 0.00923 e. The van der Waals surface area contributed by atoms with E-state index in [9.17, 15) is 0 Å². The highest BCUT2D eigenvalue weighted by molar-refractivity contribution is 4.73. The zero-order valence-electron chi connectivity index (χ0n) is 9.84. The summed E-state index contributed by atoms with van der Waals surface area (Å²) in [7, 11) is 2.28. The predicted octanol–water partition coefficient (Wildman–Crippen LogP) is 2.24. The van der Waals surface area contributed by atoms with E-state index in [2.05, 4.69) is 18.9 Å². The molecule has 84 valence electrons. The van der Waals surface area contributed by atoms with Crippen molar-refractivity contribution >= 4 is 0 Å². The lowest BCUT2D eigenvalue weighted by atomic mass is 9.98. The molecular formula is C12H26N2. The fraction of sp³-hybridized carbons (Fsp3) is 1.00. The first-order chi connectivity index (χ1) is 6.74. The molecule has 0 aromatic carbocycles. The summed E-state index contributed by atoms with van der Waals surface area (Å²) in [6, 6.07) is 0.825. The summed E-state index contributed by atoms with van der Waals surface area (Å²) in [5, 5.41) is 0. The summed E-state index contributed by atoms with van der Waals surface area (Å²) >= 11 is 0. The second-order valence-corrected chi connectivity index (χ2v) is 4.90. The average molecular weight is 198 g/mol. The van der Waals surface area contributed by atoms with E-state index in [1.54, 1.807) is 0 Å². The number of nitrogens with zero attached hydrogens (tertiary/aromatic N) is 1. The second kappa shape index (κ2) is 6.41. The largest absolute Gasteiger partial charge is 0.330 e. The van der Waals surface area contributed by atoms with Crippen LogP contribution in [0.4, 0.5) is 0 Å². The van der Waals surface area contributed by atoms with Crippen LogP contribution in [0.5, 0.6) is 0 Å². The molecule has 1 heterocycles. The summed E-state index contributed by atoms with van der Waals surface area (Å²) in [6.07, 6.45) is 8.27. The lowest BCUT2D eigenvalue weighted by Crippen LogP contribution is -2.31. The van der Waals surface area contributed by atoms with Crippen LogP contribution >= 0.6 is 0 Å². The zero-order valence-corrected chi connectivity index (χ0v) is 9.84. The molecule has 0 spiro atoms. The summed E-state index contributed by atoms with van der Waals surface area (Å²) in [6.45, 7) is 4.40. The Hall–Kier alpha value is -0.0800. The number of rotatable bonds is 4. The highest BCUT2D eigenvalue weighted by Crippen LogP contribution is 2.20. The molecular weight excluding hydrogens is 172 g/mol. The van der Waals surface area contributed by atoms with Crippen molar-refractivity contribution in [3.8, 4) is 0 Å². The standard InChI is InChI=1S/C12H26N2/c1-11(10-13)7-8-12-6-4-3-5-9-14(12)2/h11-12H,3-10,13H2,1-2H3. The van der Waals surface area contributed by atoms with Crippen LogP contribution in [-0.4, -0.2) is 31.1 Å². The molecule has 0 aromatic heterocycles. The minimum absolute atomic E-state index is 0.701. The number of hydrogen-bond acceptors (Lipinski definition) is 2. The second-order valence-electron chi connectivity index (χ2n) is 4.90. The Morgan fingerprint density at radius 1 is 1.36 bits per heavy atom. The number of likely N-dealkylation sites (tertiary alicyclic amines) is 1. The molecule has 2 unspecified atom stereocenters. The lowest BCUT2D eigenvalue weighted by Gasteiger charge is -2.26. The Morgan fingerprint density at radius 2 is 2.14 bits per heavy atom. The molecule has 1 aliphatic heterocycles. The molecule has 1 fully saturated rings. The highest BCUT2D eigenvalue weighted by Gasteiger charge is 2.17. The Balaban J connectivity index is 2.26. The van der Waals surface area contributed by atoms with E-state index < -0.39 is 0 Å². The normalized spacial score (nSPS) is 27.2. The molecule has 0 bridgehead atoms. The van der Waals surface area contributed by atoms with Crippen LogP contribution in [0.2, 0.25) is 0 Å². The maximum absolute atomic E-state index is 5.64. The van der Waals surface area contributed by atoms with Crippen LogP contribution < -0.4 is 5.73 Å². The Labute approximate surface area is 88.8 Å². The van der Waals surface area contributed by atoms with Gasteiger partial charge >= 0.3 is 0 Å². The van der Waals surface area contributed by atoms with Gasteiger partial charge in [-0.2, -0.15) is 0 Å². The molecule has 0 aliphatic carbocycles. The average Bonchev–Trinajstić information content (AvgIpc) is 2.39. The first kappa shape index (κ1) is 12.0. The molecule has 0 saturated carbocycles. The van der Waals surface area contributed by atoms with Gasteiger partial charge in [0, 0.05) is 6.04 Å². The van der Waals surface area contributed by atoms with Crippen molar-refractivity contribution in [2.75, 3.05) is 20.1 Å². The van der Waals surface area contributed by atoms with Crippen LogP contribution in [0, 0.1) is 5.92 Å². The third kappa shape index (κ3) is 3.97. The van der Waals surface area contributed by atoms with Crippen molar-refractivity contribution in [3.05, 3.63) is 0 Å². The van der Waals surface area contributed by atoms with Gasteiger partial charge in [-0.1, -0.05) is 19.8 Å². The van der Waals surface area contributed by atoms with Crippen LogP contribution in [0.1, 0.15) is 45.4 Å². The van der Waals surface area contributed by atoms with Crippen molar-refractivity contribution in [2.45, 2.75) is 51.5 Å². The van der Waals surface area contributed by atoms with Gasteiger partial charge in [-0.05, 0) is 51.7 Å². The van der Waals surface area contributed by atoms with Crippen molar-refractivity contribution in [1.82, 2.24) is 4.90 Å². The van der Waals surface area contributed by atoms with Gasteiger partial charge in [0.1, 0.15) is 0 Å². The van der Waals surface area contributed by atoms with Crippen molar-refractivity contribution in [3.63, 3.8) is 0 Å². The maximum atomic E-state index is 5.64. The molecule has 0 radical (unpaired) electrons. The van der Waals surface area contributed by atoms with E-state index in [-0.39, 0.29) is 0 Å². The summed E-state index contributed by atoms with van der Waals surface area (Å²) in [4.78, 5) is 2.55. The highest BCUT2D eigenvalue weighted by atomic mass is 15.1. The molecule has 2 atom stereocenters. The topological polar surface area (TPSA) is 29.3 Å². The van der Waals surface area contributed by atoms with E-state index in [1.165, 1.54) is 45.1 Å². The first-order valence-electron chi connectivity index (χ1n) is 6.14. The third-order valence-electron chi connectivity index (χ3n) is 3.57. The molecule has 1 aliphatic rings. The Bertz CT molecular complexity index is 147. The number of nitrogens with two attached hydrogens (primary N) is 1. The molecule has 0 aromatic rings. The molecule has 2 heteroatoms. The molecule has 1 rings (SSSR count). The SMILES string of the molecule is CC(CN)CCC1CCCCCN1C. The van der Waals surface area contributed by atoms with E-state index >= 15 is 0 Å². The molecule has 0 amide bonds. The minimum Gasteiger partial charge on any atom is -0.330 e. The molecule has 1 saturated heterocycles. The fourth-order valence-corrected chi connectivity index (χ4v) is 2.28. The smallest absolute Gasteiger partial charge is 0.00923 e. The van der Waals surface area contributed by atoms with E-state index in [1.807, 2.05) is 0 Å². The Kier molecular flexibility index (Phi) is 5.49. The van der Waals surface area contributed by atoms with Gasteiger partial charge in [-0.25, -0.2) is 0 Å². The van der Waals surface area contributed by atoms with E-state index in [0.29, 0.717) is 5.92 Å². The predicted molar refractivity (Wildman–Crippen MR) is 62.3 cm³/mol. The molecule has 2 N–H and O–H groups in total. The van der Waals surface area contributed by atoms with Gasteiger partial charge in [-0.3, -0.25) is 0 Å². The zero-order chi connectivity index (χ0) is 10.4. The van der Waals surface area contributed by atoms with Crippen molar-refractivity contribution < 1.29 is 0 Å². The summed E-state index contributed by atoms with van der Waals surface area (Å²) in [5.74, 6) is 0.701. The van der Waals surface area contributed by atoms with E-state index in [0.717, 1.165) is 12.6 Å². The van der Waals surface area contributed by atoms with E-state index in [4.69, 9.17) is 5.73 Å². The monoisotopic (exact) mass is 198 g/mol. The van der Waals surface area contributed by atoms with Crippen LogP contribution in [0.25, 0.3) is 0 Å². The lowest BCUT2D eigenvalue weighted by molar-refractivity contribution is 0.223. The van der Waals surface area contributed by atoms with Gasteiger partial charge in [-0.15, -0.1) is 0 Å². The molecule has 14 heavy (non-hydrogen) atoms. The number of hydrogen-bond donors (Lipinski definition) is 1. The summed E-state index contributed by atoms with van der Waals surface area (Å²) < 4.78 is 0. The quantitative estimate of drug-likeness (QED) is 0.750. The fourth-order valence-electron chi connectivity index (χ4n) is 2.28. The van der Waals surface area contributed by atoms with Crippen molar-refractivity contribution in [1.29, 1.82) is 0 Å². The van der Waals surface area contributed by atoms with Gasteiger partial charge in [0.05, 0.1) is 0 Å². The molecule has 2 nitrogen and oxygen atoms in total. The van der Waals surface area contributed by atoms with Gasteiger partial charge in [0.25, 0.3) is 0 Å². The Morgan fingerprint density at radius 3 is 2.86 bits per heavy atom. The first-order valence-corrected chi connectivity index (χ1v) is 6.14. The van der Waals surface area contributed by atoms with Crippen LogP contribution in [-0.2, 0) is 0 Å². The van der Waals surface area contributed by atoms with Crippen LogP contribution in [0.3, 0.4) is 0 Å². The van der Waals surface area contributed by atoms with Gasteiger partial charge in [0.15, 0.2) is 0 Å². The third-order valence-corrected chi connectivity index (χ3v) is 3.57. The summed E-state index contributed by atoms with van der Waals surface area (Å²) in [5.41, 5.74) is 5.64. The minimum atomic E-state index is 0.701. The van der Waals surface area contributed by atoms with Gasteiger partial charge < -0.3 is 10.6 Å². The van der Waals surface area contributed by atoms with Crippen molar-refractivity contribution in [2.24, 2.45) is 11.7 Å².